The molecule has 2 rings (SSSR count). The molecule has 1 nitrogen and oxygen atoms in total. The number of unbranched alkanes of at least 4 members (excludes halogenated alkanes) is 1. The third kappa shape index (κ3) is 5.17. The summed E-state index contributed by atoms with van der Waals surface area (Å²) in [6, 6.07) is 17.5. The maximum atomic E-state index is 5.53. The van der Waals surface area contributed by atoms with Crippen molar-refractivity contribution in [1.29, 1.82) is 0 Å². The van der Waals surface area contributed by atoms with Gasteiger partial charge in [0.1, 0.15) is 0 Å². The second kappa shape index (κ2) is 9.14. The van der Waals surface area contributed by atoms with E-state index in [0.717, 1.165) is 35.5 Å². The van der Waals surface area contributed by atoms with Gasteiger partial charge in [-0.3, -0.25) is 0 Å². The molecular weight excluding hydrogens is 346 g/mol. The van der Waals surface area contributed by atoms with Gasteiger partial charge >= 0.3 is 0 Å². The van der Waals surface area contributed by atoms with E-state index < -0.39 is 0 Å². The number of allylic oxidation sites excluding steroid dienone is 1. The highest BCUT2D eigenvalue weighted by Crippen LogP contribution is 2.31. The minimum atomic E-state index is -0.222. The molecule has 0 saturated carbocycles. The Hall–Kier alpha value is -2.19. The van der Waals surface area contributed by atoms with Crippen LogP contribution in [0.5, 0.6) is 0 Å². The van der Waals surface area contributed by atoms with Gasteiger partial charge in [-0.05, 0) is 75.8 Å². The molecule has 2 heteroatoms. The standard InChI is InChI=1S/C25H31NS/c1-7-8-9-10-21-11-13-22(14-12-21)23-15-17-24(18-16-23)26(20(4)27)25(5,6)19(2)3/h7,11-18H,1-2,8-10H2,3-6H3. The highest BCUT2D eigenvalue weighted by atomic mass is 32.1. The van der Waals surface area contributed by atoms with Crippen LogP contribution in [0.2, 0.25) is 0 Å². The molecule has 0 atom stereocenters. The summed E-state index contributed by atoms with van der Waals surface area (Å²) in [4.78, 5) is 3.02. The normalized spacial score (nSPS) is 11.1. The molecule has 0 amide bonds. The lowest BCUT2D eigenvalue weighted by Crippen LogP contribution is -2.47. The predicted octanol–water partition coefficient (Wildman–Crippen LogP) is 7.37. The van der Waals surface area contributed by atoms with Crippen molar-refractivity contribution >= 4 is 22.9 Å². The van der Waals surface area contributed by atoms with Crippen molar-refractivity contribution in [3.05, 3.63) is 78.9 Å². The zero-order valence-corrected chi connectivity index (χ0v) is 17.9. The van der Waals surface area contributed by atoms with Crippen LogP contribution in [0.4, 0.5) is 5.69 Å². The molecule has 2 aromatic carbocycles. The fourth-order valence-electron chi connectivity index (χ4n) is 3.21. The van der Waals surface area contributed by atoms with E-state index in [9.17, 15) is 0 Å². The molecule has 0 radical (unpaired) electrons. The van der Waals surface area contributed by atoms with E-state index in [1.54, 1.807) is 0 Å². The van der Waals surface area contributed by atoms with Gasteiger partial charge in [-0.2, -0.15) is 0 Å². The lowest BCUT2D eigenvalue weighted by atomic mass is 9.93. The first kappa shape index (κ1) is 21.1. The lowest BCUT2D eigenvalue weighted by molar-refractivity contribution is 0.605. The Morgan fingerprint density at radius 1 is 1.00 bits per heavy atom. The van der Waals surface area contributed by atoms with Crippen molar-refractivity contribution in [2.75, 3.05) is 4.90 Å². The number of thiocarbonyl (C=S) groups is 1. The van der Waals surface area contributed by atoms with Crippen LogP contribution in [-0.4, -0.2) is 10.5 Å². The van der Waals surface area contributed by atoms with Gasteiger partial charge in [0.05, 0.1) is 10.5 Å². The average molecular weight is 378 g/mol. The second-order valence-electron chi connectivity index (χ2n) is 7.62. The van der Waals surface area contributed by atoms with Crippen LogP contribution >= 0.6 is 12.2 Å². The molecule has 0 heterocycles. The third-order valence-electron chi connectivity index (χ3n) is 5.20. The monoisotopic (exact) mass is 377 g/mol. The van der Waals surface area contributed by atoms with Gasteiger partial charge in [-0.25, -0.2) is 0 Å². The Morgan fingerprint density at radius 3 is 1.96 bits per heavy atom. The fourth-order valence-corrected chi connectivity index (χ4v) is 3.54. The van der Waals surface area contributed by atoms with Crippen molar-refractivity contribution in [1.82, 2.24) is 0 Å². The van der Waals surface area contributed by atoms with E-state index in [0.29, 0.717) is 0 Å². The van der Waals surface area contributed by atoms with Gasteiger partial charge in [-0.15, -0.1) is 6.58 Å². The zero-order chi connectivity index (χ0) is 20.0. The molecule has 0 unspecified atom stereocenters. The molecule has 0 N–H and O–H groups in total. The Bertz CT molecular complexity index is 797. The fraction of sp³-hybridized carbons (Fsp3) is 0.320. The number of nitrogens with zero attached hydrogens (tertiary/aromatic N) is 1. The summed E-state index contributed by atoms with van der Waals surface area (Å²) in [7, 11) is 0. The van der Waals surface area contributed by atoms with E-state index in [4.69, 9.17) is 12.2 Å². The van der Waals surface area contributed by atoms with Crippen molar-refractivity contribution in [2.24, 2.45) is 0 Å². The number of rotatable bonds is 8. The van der Waals surface area contributed by atoms with Crippen LogP contribution in [0.1, 0.15) is 46.1 Å². The summed E-state index contributed by atoms with van der Waals surface area (Å²) in [5.41, 5.74) is 5.79. The summed E-state index contributed by atoms with van der Waals surface area (Å²) in [5.74, 6) is 0. The maximum absolute atomic E-state index is 5.53. The zero-order valence-electron chi connectivity index (χ0n) is 17.1. The van der Waals surface area contributed by atoms with Crippen molar-refractivity contribution in [3.63, 3.8) is 0 Å². The topological polar surface area (TPSA) is 3.24 Å². The number of benzene rings is 2. The highest BCUT2D eigenvalue weighted by Gasteiger charge is 2.29. The summed E-state index contributed by atoms with van der Waals surface area (Å²) >= 11 is 5.53. The molecule has 0 aliphatic rings. The van der Waals surface area contributed by atoms with Crippen LogP contribution in [0.15, 0.2) is 73.3 Å². The number of aryl methyl sites for hydroxylation is 1. The van der Waals surface area contributed by atoms with Crippen LogP contribution in [0, 0.1) is 0 Å². The molecule has 0 saturated heterocycles. The first-order valence-electron chi connectivity index (χ1n) is 9.54. The van der Waals surface area contributed by atoms with Gasteiger partial charge in [0, 0.05) is 5.69 Å². The average Bonchev–Trinajstić information content (AvgIpc) is 2.62. The molecule has 0 aliphatic heterocycles. The van der Waals surface area contributed by atoms with E-state index >= 15 is 0 Å². The Morgan fingerprint density at radius 2 is 1.52 bits per heavy atom. The first-order valence-corrected chi connectivity index (χ1v) is 9.95. The predicted molar refractivity (Wildman–Crippen MR) is 125 cm³/mol. The Balaban J connectivity index is 2.22. The van der Waals surface area contributed by atoms with Crippen LogP contribution < -0.4 is 4.90 Å². The van der Waals surface area contributed by atoms with Crippen molar-refractivity contribution in [3.8, 4) is 11.1 Å². The summed E-state index contributed by atoms with van der Waals surface area (Å²) in [6.45, 7) is 16.3. The van der Waals surface area contributed by atoms with Gasteiger partial charge in [0.15, 0.2) is 0 Å². The molecule has 0 aliphatic carbocycles. The molecule has 0 fully saturated rings. The van der Waals surface area contributed by atoms with Crippen LogP contribution in [0.25, 0.3) is 11.1 Å². The minimum absolute atomic E-state index is 0.222. The Kier molecular flexibility index (Phi) is 7.15. The first-order chi connectivity index (χ1) is 12.8. The lowest BCUT2D eigenvalue weighted by Gasteiger charge is -2.40. The summed E-state index contributed by atoms with van der Waals surface area (Å²) in [6.07, 6.45) is 5.31. The van der Waals surface area contributed by atoms with Crippen molar-refractivity contribution in [2.45, 2.75) is 52.5 Å². The van der Waals surface area contributed by atoms with E-state index in [2.05, 4.69) is 87.4 Å². The quantitative estimate of drug-likeness (QED) is 0.268. The molecule has 2 aromatic rings. The highest BCUT2D eigenvalue weighted by molar-refractivity contribution is 7.80. The maximum Gasteiger partial charge on any atom is 0.0799 e. The van der Waals surface area contributed by atoms with E-state index in [-0.39, 0.29) is 5.54 Å². The summed E-state index contributed by atoms with van der Waals surface area (Å²) in [5, 5.41) is 0. The largest absolute Gasteiger partial charge is 0.327 e. The van der Waals surface area contributed by atoms with Crippen LogP contribution in [-0.2, 0) is 6.42 Å². The molecule has 142 valence electrons. The number of hydrogen-bond acceptors (Lipinski definition) is 1. The molecule has 0 bridgehead atoms. The number of hydrogen-bond donors (Lipinski definition) is 0. The molecular formula is C25H31NS. The molecule has 0 aromatic heterocycles. The third-order valence-corrected chi connectivity index (χ3v) is 5.39. The Labute approximate surface area is 170 Å². The smallest absolute Gasteiger partial charge is 0.0799 e. The van der Waals surface area contributed by atoms with E-state index in [1.165, 1.54) is 16.7 Å². The summed E-state index contributed by atoms with van der Waals surface area (Å²) < 4.78 is 0. The minimum Gasteiger partial charge on any atom is -0.327 e. The van der Waals surface area contributed by atoms with Gasteiger partial charge < -0.3 is 4.90 Å². The van der Waals surface area contributed by atoms with Gasteiger partial charge in [0.25, 0.3) is 0 Å². The number of anilines is 1. The second-order valence-corrected chi connectivity index (χ2v) is 8.21. The molecule has 27 heavy (non-hydrogen) atoms. The van der Waals surface area contributed by atoms with E-state index in [1.807, 2.05) is 13.0 Å². The molecule has 0 spiro atoms. The SMILES string of the molecule is C=CCCCc1ccc(-c2ccc(N(C(C)=S)C(C)(C)C(=C)C)cc2)cc1. The van der Waals surface area contributed by atoms with Crippen molar-refractivity contribution < 1.29 is 0 Å². The van der Waals surface area contributed by atoms with Gasteiger partial charge in [-0.1, -0.05) is 66.8 Å². The van der Waals surface area contributed by atoms with Gasteiger partial charge in [0.2, 0.25) is 0 Å². The van der Waals surface area contributed by atoms with Crippen LogP contribution in [0.3, 0.4) is 0 Å².